The van der Waals surface area contributed by atoms with Crippen LogP contribution in [0, 0.1) is 5.41 Å². The van der Waals surface area contributed by atoms with Crippen LogP contribution in [-0.2, 0) is 9.53 Å². The van der Waals surface area contributed by atoms with Crippen molar-refractivity contribution in [1.29, 1.82) is 0 Å². The predicted octanol–water partition coefficient (Wildman–Crippen LogP) is 1.67. The molecule has 1 rings (SSSR count). The monoisotopic (exact) mass is 231 g/mol. The maximum absolute atomic E-state index is 11.1. The summed E-state index contributed by atoms with van der Waals surface area (Å²) in [6, 6.07) is 0.493. The Bertz CT molecular complexity index is 231. The van der Waals surface area contributed by atoms with Crippen LogP contribution in [0.25, 0.3) is 0 Å². The summed E-state index contributed by atoms with van der Waals surface area (Å²) in [7, 11) is 3.44. The summed E-state index contributed by atoms with van der Waals surface area (Å²) in [6.45, 7) is 4.57. The van der Waals surface area contributed by atoms with Crippen LogP contribution in [0.2, 0.25) is 0 Å². The topological polar surface area (TPSA) is 38.3 Å². The molecule has 2 atom stereocenters. The average Bonchev–Trinajstić information content (AvgIpc) is 2.49. The zero-order valence-corrected chi connectivity index (χ0v) is 10.8. The lowest BCUT2D eigenvalue weighted by Gasteiger charge is -2.29. The minimum atomic E-state index is -0.125. The molecule has 1 N–H and O–H groups in total. The molecule has 0 spiro atoms. The van der Waals surface area contributed by atoms with Crippen LogP contribution in [0.5, 0.6) is 0 Å². The first-order chi connectivity index (χ1) is 7.01. The van der Waals surface area contributed by atoms with Crippen molar-refractivity contribution in [3.63, 3.8) is 0 Å². The van der Waals surface area contributed by atoms with Gasteiger partial charge in [0, 0.05) is 11.3 Å². The second-order valence-electron chi connectivity index (χ2n) is 4.72. The first kappa shape index (κ1) is 12.8. The van der Waals surface area contributed by atoms with Crippen molar-refractivity contribution in [3.8, 4) is 0 Å². The van der Waals surface area contributed by atoms with E-state index < -0.39 is 0 Å². The molecule has 1 fully saturated rings. The molecule has 0 aliphatic heterocycles. The smallest absolute Gasteiger partial charge is 0.315 e. The zero-order chi connectivity index (χ0) is 11.5. The van der Waals surface area contributed by atoms with Crippen molar-refractivity contribution in [2.75, 3.05) is 19.9 Å². The third-order valence-corrected chi connectivity index (χ3v) is 4.58. The molecule has 4 heteroatoms. The van der Waals surface area contributed by atoms with Crippen molar-refractivity contribution in [2.45, 2.75) is 38.0 Å². The van der Waals surface area contributed by atoms with Gasteiger partial charge in [0.1, 0.15) is 0 Å². The lowest BCUT2D eigenvalue weighted by molar-refractivity contribution is -0.137. The van der Waals surface area contributed by atoms with E-state index in [-0.39, 0.29) is 5.97 Å². The van der Waals surface area contributed by atoms with Crippen molar-refractivity contribution >= 4 is 17.7 Å². The molecule has 0 heterocycles. The predicted molar refractivity (Wildman–Crippen MR) is 64.1 cm³/mol. The Balaban J connectivity index is 2.46. The highest BCUT2D eigenvalue weighted by atomic mass is 32.2. The summed E-state index contributed by atoms with van der Waals surface area (Å²) in [4.78, 5) is 11.1. The molecule has 0 radical (unpaired) electrons. The summed E-state index contributed by atoms with van der Waals surface area (Å²) in [5, 5.41) is 3.90. The van der Waals surface area contributed by atoms with E-state index in [2.05, 4.69) is 23.9 Å². The first-order valence-electron chi connectivity index (χ1n) is 5.37. The van der Waals surface area contributed by atoms with Gasteiger partial charge >= 0.3 is 5.97 Å². The molecular formula is C11H21NO2S. The Labute approximate surface area is 96.3 Å². The molecule has 2 unspecified atom stereocenters. The van der Waals surface area contributed by atoms with Crippen molar-refractivity contribution < 1.29 is 9.53 Å². The van der Waals surface area contributed by atoms with Gasteiger partial charge in [-0.2, -0.15) is 0 Å². The SMILES string of the molecule is CNC1C(SCC(=O)OC)CCC1(C)C. The van der Waals surface area contributed by atoms with Gasteiger partial charge in [-0.3, -0.25) is 4.79 Å². The van der Waals surface area contributed by atoms with E-state index in [9.17, 15) is 4.79 Å². The van der Waals surface area contributed by atoms with Gasteiger partial charge in [-0.15, -0.1) is 11.8 Å². The molecular weight excluding hydrogens is 210 g/mol. The van der Waals surface area contributed by atoms with E-state index in [4.69, 9.17) is 0 Å². The van der Waals surface area contributed by atoms with E-state index in [0.29, 0.717) is 22.5 Å². The highest BCUT2D eigenvalue weighted by molar-refractivity contribution is 8.00. The third kappa shape index (κ3) is 3.11. The molecule has 0 saturated heterocycles. The fourth-order valence-corrected chi connectivity index (χ4v) is 3.78. The summed E-state index contributed by atoms with van der Waals surface area (Å²) in [5.41, 5.74) is 0.336. The minimum absolute atomic E-state index is 0.125. The van der Waals surface area contributed by atoms with Gasteiger partial charge in [-0.1, -0.05) is 13.8 Å². The number of hydrogen-bond donors (Lipinski definition) is 1. The Morgan fingerprint density at radius 2 is 2.27 bits per heavy atom. The molecule has 1 aliphatic rings. The number of rotatable bonds is 4. The number of methoxy groups -OCH3 is 1. The fourth-order valence-electron chi connectivity index (χ4n) is 2.33. The maximum atomic E-state index is 11.1. The van der Waals surface area contributed by atoms with Gasteiger partial charge in [0.15, 0.2) is 0 Å². The Hall–Kier alpha value is -0.220. The van der Waals surface area contributed by atoms with E-state index in [1.807, 2.05) is 7.05 Å². The quantitative estimate of drug-likeness (QED) is 0.747. The second-order valence-corrected chi connectivity index (χ2v) is 5.95. The molecule has 0 bridgehead atoms. The average molecular weight is 231 g/mol. The summed E-state index contributed by atoms with van der Waals surface area (Å²) >= 11 is 1.71. The van der Waals surface area contributed by atoms with Crippen LogP contribution in [-0.4, -0.2) is 37.2 Å². The summed E-state index contributed by atoms with van der Waals surface area (Å²) in [6.07, 6.45) is 2.40. The highest BCUT2D eigenvalue weighted by Gasteiger charge is 2.41. The number of carbonyl (C=O) groups excluding carboxylic acids is 1. The van der Waals surface area contributed by atoms with E-state index >= 15 is 0 Å². The number of nitrogens with one attached hydrogen (secondary N) is 1. The highest BCUT2D eigenvalue weighted by Crippen LogP contribution is 2.42. The molecule has 1 aliphatic carbocycles. The van der Waals surface area contributed by atoms with Crippen LogP contribution in [0.15, 0.2) is 0 Å². The molecule has 1 saturated carbocycles. The molecule has 0 aromatic heterocycles. The third-order valence-electron chi connectivity index (χ3n) is 3.24. The molecule has 0 amide bonds. The van der Waals surface area contributed by atoms with E-state index in [1.165, 1.54) is 20.0 Å². The van der Waals surface area contributed by atoms with Crippen LogP contribution in [0.1, 0.15) is 26.7 Å². The van der Waals surface area contributed by atoms with Crippen LogP contribution < -0.4 is 5.32 Å². The largest absolute Gasteiger partial charge is 0.468 e. The standard InChI is InChI=1S/C11H21NO2S/c1-11(2)6-5-8(10(11)12-3)15-7-9(13)14-4/h8,10,12H,5-7H2,1-4H3. The van der Waals surface area contributed by atoms with Crippen LogP contribution in [0.3, 0.4) is 0 Å². The van der Waals surface area contributed by atoms with E-state index in [1.54, 1.807) is 11.8 Å². The van der Waals surface area contributed by atoms with Gasteiger partial charge in [0.05, 0.1) is 12.9 Å². The number of esters is 1. The van der Waals surface area contributed by atoms with Crippen molar-refractivity contribution in [2.24, 2.45) is 5.41 Å². The van der Waals surface area contributed by atoms with Gasteiger partial charge in [-0.25, -0.2) is 0 Å². The lowest BCUT2D eigenvalue weighted by atomic mass is 9.87. The van der Waals surface area contributed by atoms with Crippen molar-refractivity contribution in [1.82, 2.24) is 5.32 Å². The summed E-state index contributed by atoms with van der Waals surface area (Å²) < 4.78 is 4.65. The number of hydrogen-bond acceptors (Lipinski definition) is 4. The van der Waals surface area contributed by atoms with Gasteiger partial charge in [0.25, 0.3) is 0 Å². The van der Waals surface area contributed by atoms with Crippen molar-refractivity contribution in [3.05, 3.63) is 0 Å². The van der Waals surface area contributed by atoms with Crippen LogP contribution in [0.4, 0.5) is 0 Å². The fraction of sp³-hybridized carbons (Fsp3) is 0.909. The molecule has 0 aromatic carbocycles. The Kier molecular flexibility index (Phi) is 4.46. The maximum Gasteiger partial charge on any atom is 0.315 e. The zero-order valence-electron chi connectivity index (χ0n) is 10.0. The van der Waals surface area contributed by atoms with Crippen LogP contribution >= 0.6 is 11.8 Å². The second kappa shape index (κ2) is 5.21. The van der Waals surface area contributed by atoms with Gasteiger partial charge < -0.3 is 10.1 Å². The van der Waals surface area contributed by atoms with Gasteiger partial charge in [-0.05, 0) is 25.3 Å². The molecule has 88 valence electrons. The number of ether oxygens (including phenoxy) is 1. The Morgan fingerprint density at radius 1 is 1.60 bits per heavy atom. The normalized spacial score (nSPS) is 29.1. The number of thioether (sulfide) groups is 1. The summed E-state index contributed by atoms with van der Waals surface area (Å²) in [5.74, 6) is 0.342. The molecule has 15 heavy (non-hydrogen) atoms. The minimum Gasteiger partial charge on any atom is -0.468 e. The number of carbonyl (C=O) groups is 1. The first-order valence-corrected chi connectivity index (χ1v) is 6.42. The molecule has 3 nitrogen and oxygen atoms in total. The lowest BCUT2D eigenvalue weighted by Crippen LogP contribution is -2.41. The van der Waals surface area contributed by atoms with E-state index in [0.717, 1.165) is 0 Å². The Morgan fingerprint density at radius 3 is 2.80 bits per heavy atom. The van der Waals surface area contributed by atoms with Gasteiger partial charge in [0.2, 0.25) is 0 Å². The molecule has 0 aromatic rings.